The van der Waals surface area contributed by atoms with Gasteiger partial charge in [0.15, 0.2) is 0 Å². The zero-order chi connectivity index (χ0) is 11.7. The van der Waals surface area contributed by atoms with Crippen LogP contribution >= 0.6 is 11.6 Å². The predicted octanol–water partition coefficient (Wildman–Crippen LogP) is 3.11. The minimum absolute atomic E-state index is 0.378. The van der Waals surface area contributed by atoms with Crippen molar-refractivity contribution in [3.05, 3.63) is 29.3 Å². The first-order valence-corrected chi connectivity index (χ1v) is 6.83. The van der Waals surface area contributed by atoms with Gasteiger partial charge in [0.25, 0.3) is 0 Å². The van der Waals surface area contributed by atoms with E-state index in [1.807, 2.05) is 24.3 Å². The third-order valence-corrected chi connectivity index (χ3v) is 3.95. The smallest absolute Gasteiger partial charge is 0.121 e. The maximum absolute atomic E-state index is 6.18. The second kappa shape index (κ2) is 4.87. The van der Waals surface area contributed by atoms with Gasteiger partial charge in [0.05, 0.1) is 0 Å². The maximum atomic E-state index is 6.18. The molecule has 2 atom stereocenters. The van der Waals surface area contributed by atoms with Crippen molar-refractivity contribution >= 4 is 11.6 Å². The van der Waals surface area contributed by atoms with Crippen LogP contribution in [0.15, 0.2) is 24.3 Å². The van der Waals surface area contributed by atoms with Gasteiger partial charge in [-0.25, -0.2) is 0 Å². The number of nitrogens with one attached hydrogen (secondary N) is 1. The van der Waals surface area contributed by atoms with Gasteiger partial charge >= 0.3 is 0 Å². The molecule has 0 radical (unpaired) electrons. The fourth-order valence-electron chi connectivity index (χ4n) is 2.66. The number of rotatable bonds is 4. The Hall–Kier alpha value is -0.730. The molecule has 0 amide bonds. The standard InChI is InChI=1S/C14H18ClNO/c15-12-2-1-3-13(8-12)17-14(10-4-5-10)11-6-7-16-9-11/h1-3,8,10-11,14,16H,4-7,9H2/t11-,14?/m0/s1. The Bertz CT molecular complexity index is 386. The van der Waals surface area contributed by atoms with Gasteiger partial charge in [0, 0.05) is 17.5 Å². The second-order valence-corrected chi connectivity index (χ2v) is 5.57. The Morgan fingerprint density at radius 1 is 1.24 bits per heavy atom. The SMILES string of the molecule is Clc1cccc(OC(C2CC2)[C@H]2CCNC2)c1. The molecule has 1 saturated heterocycles. The van der Waals surface area contributed by atoms with Gasteiger partial charge in [0.2, 0.25) is 0 Å². The van der Waals surface area contributed by atoms with Gasteiger partial charge in [-0.05, 0) is 49.9 Å². The molecule has 3 heteroatoms. The van der Waals surface area contributed by atoms with Crippen LogP contribution < -0.4 is 10.1 Å². The molecule has 0 spiro atoms. The van der Waals surface area contributed by atoms with E-state index in [4.69, 9.17) is 16.3 Å². The summed E-state index contributed by atoms with van der Waals surface area (Å²) in [6.45, 7) is 2.23. The molecular formula is C14H18ClNO. The highest BCUT2D eigenvalue weighted by Crippen LogP contribution is 2.39. The molecule has 0 aromatic heterocycles. The van der Waals surface area contributed by atoms with E-state index in [1.165, 1.54) is 19.3 Å². The van der Waals surface area contributed by atoms with Gasteiger partial charge in [-0.15, -0.1) is 0 Å². The summed E-state index contributed by atoms with van der Waals surface area (Å²) in [7, 11) is 0. The molecule has 1 aliphatic carbocycles. The maximum Gasteiger partial charge on any atom is 0.121 e. The summed E-state index contributed by atoms with van der Waals surface area (Å²) in [5.41, 5.74) is 0. The molecular weight excluding hydrogens is 234 g/mol. The van der Waals surface area contributed by atoms with E-state index in [0.717, 1.165) is 29.8 Å². The van der Waals surface area contributed by atoms with Gasteiger partial charge < -0.3 is 10.1 Å². The highest BCUT2D eigenvalue weighted by atomic mass is 35.5. The summed E-state index contributed by atoms with van der Waals surface area (Å²) in [6.07, 6.45) is 4.26. The van der Waals surface area contributed by atoms with Crippen molar-refractivity contribution in [2.45, 2.75) is 25.4 Å². The van der Waals surface area contributed by atoms with Crippen molar-refractivity contribution in [2.24, 2.45) is 11.8 Å². The highest BCUT2D eigenvalue weighted by Gasteiger charge is 2.39. The van der Waals surface area contributed by atoms with Crippen LogP contribution in [0.5, 0.6) is 5.75 Å². The lowest BCUT2D eigenvalue weighted by atomic mass is 9.97. The Balaban J connectivity index is 1.71. The third kappa shape index (κ3) is 2.75. The molecule has 2 fully saturated rings. The van der Waals surface area contributed by atoms with Crippen molar-refractivity contribution in [1.82, 2.24) is 5.32 Å². The fourth-order valence-corrected chi connectivity index (χ4v) is 2.84. The van der Waals surface area contributed by atoms with Crippen LogP contribution in [-0.4, -0.2) is 19.2 Å². The van der Waals surface area contributed by atoms with E-state index in [9.17, 15) is 0 Å². The van der Waals surface area contributed by atoms with Crippen molar-refractivity contribution in [3.8, 4) is 5.75 Å². The first kappa shape index (κ1) is 11.4. The van der Waals surface area contributed by atoms with E-state index in [-0.39, 0.29) is 0 Å². The lowest BCUT2D eigenvalue weighted by Gasteiger charge is -2.24. The molecule has 92 valence electrons. The Kier molecular flexibility index (Phi) is 3.26. The minimum Gasteiger partial charge on any atom is -0.490 e. The quantitative estimate of drug-likeness (QED) is 0.888. The van der Waals surface area contributed by atoms with Gasteiger partial charge in [-0.3, -0.25) is 0 Å². The molecule has 2 aliphatic rings. The lowest BCUT2D eigenvalue weighted by molar-refractivity contribution is 0.121. The lowest BCUT2D eigenvalue weighted by Crippen LogP contribution is -2.30. The van der Waals surface area contributed by atoms with Crippen LogP contribution in [0.2, 0.25) is 5.02 Å². The summed E-state index contributed by atoms with van der Waals surface area (Å²) in [4.78, 5) is 0. The van der Waals surface area contributed by atoms with E-state index in [1.54, 1.807) is 0 Å². The van der Waals surface area contributed by atoms with Crippen LogP contribution in [0.3, 0.4) is 0 Å². The van der Waals surface area contributed by atoms with Crippen LogP contribution in [0.25, 0.3) is 0 Å². The topological polar surface area (TPSA) is 21.3 Å². The second-order valence-electron chi connectivity index (χ2n) is 5.13. The molecule has 1 N–H and O–H groups in total. The van der Waals surface area contributed by atoms with Crippen molar-refractivity contribution in [1.29, 1.82) is 0 Å². The Morgan fingerprint density at radius 3 is 2.76 bits per heavy atom. The number of hydrogen-bond acceptors (Lipinski definition) is 2. The molecule has 2 nitrogen and oxygen atoms in total. The Morgan fingerprint density at radius 2 is 2.12 bits per heavy atom. The van der Waals surface area contributed by atoms with Gasteiger partial charge in [-0.1, -0.05) is 17.7 Å². The van der Waals surface area contributed by atoms with E-state index in [2.05, 4.69) is 5.32 Å². The zero-order valence-electron chi connectivity index (χ0n) is 9.86. The number of ether oxygens (including phenoxy) is 1. The van der Waals surface area contributed by atoms with Crippen molar-refractivity contribution in [2.75, 3.05) is 13.1 Å². The Labute approximate surface area is 107 Å². The van der Waals surface area contributed by atoms with Crippen molar-refractivity contribution < 1.29 is 4.74 Å². The molecule has 17 heavy (non-hydrogen) atoms. The third-order valence-electron chi connectivity index (χ3n) is 3.72. The first-order chi connectivity index (χ1) is 8.33. The summed E-state index contributed by atoms with van der Waals surface area (Å²) >= 11 is 5.99. The van der Waals surface area contributed by atoms with Crippen LogP contribution in [0.1, 0.15) is 19.3 Å². The van der Waals surface area contributed by atoms with Crippen LogP contribution in [0.4, 0.5) is 0 Å². The summed E-state index contributed by atoms with van der Waals surface area (Å²) in [5, 5.41) is 4.18. The molecule has 0 bridgehead atoms. The summed E-state index contributed by atoms with van der Waals surface area (Å²) in [5.74, 6) is 2.35. The fraction of sp³-hybridized carbons (Fsp3) is 0.571. The molecule has 1 heterocycles. The average molecular weight is 252 g/mol. The molecule has 3 rings (SSSR count). The van der Waals surface area contributed by atoms with Crippen LogP contribution in [0, 0.1) is 11.8 Å². The van der Waals surface area contributed by atoms with E-state index in [0.29, 0.717) is 12.0 Å². The van der Waals surface area contributed by atoms with Crippen molar-refractivity contribution in [3.63, 3.8) is 0 Å². The molecule has 1 aromatic rings. The number of hydrogen-bond donors (Lipinski definition) is 1. The average Bonchev–Trinajstić information content (AvgIpc) is 3.01. The molecule has 1 aliphatic heterocycles. The minimum atomic E-state index is 0.378. The highest BCUT2D eigenvalue weighted by molar-refractivity contribution is 6.30. The van der Waals surface area contributed by atoms with E-state index >= 15 is 0 Å². The number of benzene rings is 1. The first-order valence-electron chi connectivity index (χ1n) is 6.46. The predicted molar refractivity (Wildman–Crippen MR) is 69.6 cm³/mol. The normalized spacial score (nSPS) is 25.8. The van der Waals surface area contributed by atoms with Crippen LogP contribution in [-0.2, 0) is 0 Å². The molecule has 1 unspecified atom stereocenters. The summed E-state index contributed by atoms with van der Waals surface area (Å²) < 4.78 is 6.18. The van der Waals surface area contributed by atoms with Gasteiger partial charge in [-0.2, -0.15) is 0 Å². The van der Waals surface area contributed by atoms with E-state index < -0.39 is 0 Å². The summed E-state index contributed by atoms with van der Waals surface area (Å²) in [6, 6.07) is 7.76. The number of halogens is 1. The zero-order valence-corrected chi connectivity index (χ0v) is 10.6. The van der Waals surface area contributed by atoms with Gasteiger partial charge in [0.1, 0.15) is 11.9 Å². The monoisotopic (exact) mass is 251 g/mol. The molecule has 1 aromatic carbocycles. The largest absolute Gasteiger partial charge is 0.490 e. The molecule has 1 saturated carbocycles.